The highest BCUT2D eigenvalue weighted by molar-refractivity contribution is 5.50. The highest BCUT2D eigenvalue weighted by Crippen LogP contribution is 2.31. The molecule has 6 nitrogen and oxygen atoms in total. The largest absolute Gasteiger partial charge is 0.493 e. The van der Waals surface area contributed by atoms with Gasteiger partial charge in [-0.3, -0.25) is 10.1 Å². The van der Waals surface area contributed by atoms with E-state index >= 15 is 0 Å². The van der Waals surface area contributed by atoms with Crippen molar-refractivity contribution in [2.75, 3.05) is 26.8 Å². The molecule has 0 radical (unpaired) electrons. The van der Waals surface area contributed by atoms with Crippen molar-refractivity contribution in [3.63, 3.8) is 0 Å². The molecule has 19 heavy (non-hydrogen) atoms. The Bertz CT molecular complexity index is 444. The predicted octanol–water partition coefficient (Wildman–Crippen LogP) is 1.98. The Morgan fingerprint density at radius 1 is 1.42 bits per heavy atom. The summed E-state index contributed by atoms with van der Waals surface area (Å²) in [6, 6.07) is 4.59. The predicted molar refractivity (Wildman–Crippen MR) is 70.7 cm³/mol. The van der Waals surface area contributed by atoms with Gasteiger partial charge in [0.2, 0.25) is 5.75 Å². The van der Waals surface area contributed by atoms with Gasteiger partial charge in [0.15, 0.2) is 0 Å². The van der Waals surface area contributed by atoms with Crippen LogP contribution in [0.25, 0.3) is 0 Å². The van der Waals surface area contributed by atoms with Crippen LogP contribution in [0.2, 0.25) is 0 Å². The lowest BCUT2D eigenvalue weighted by molar-refractivity contribution is -0.385. The van der Waals surface area contributed by atoms with Crippen molar-refractivity contribution >= 4 is 5.69 Å². The number of piperidine rings is 1. The number of nitro groups is 1. The van der Waals surface area contributed by atoms with Gasteiger partial charge in [-0.2, -0.15) is 0 Å². The second-order valence-electron chi connectivity index (χ2n) is 4.60. The normalized spacial score (nSPS) is 16.1. The van der Waals surface area contributed by atoms with Gasteiger partial charge < -0.3 is 14.8 Å². The zero-order valence-electron chi connectivity index (χ0n) is 10.9. The highest BCUT2D eigenvalue weighted by Gasteiger charge is 2.17. The molecular weight excluding hydrogens is 248 g/mol. The summed E-state index contributed by atoms with van der Waals surface area (Å²) in [5, 5.41) is 14.1. The van der Waals surface area contributed by atoms with Crippen LogP contribution in [0.5, 0.6) is 11.5 Å². The number of nitrogens with one attached hydrogen (secondary N) is 1. The lowest BCUT2D eigenvalue weighted by Gasteiger charge is -2.22. The molecule has 1 aromatic carbocycles. The Morgan fingerprint density at radius 3 is 2.79 bits per heavy atom. The molecule has 0 bridgehead atoms. The van der Waals surface area contributed by atoms with Crippen LogP contribution >= 0.6 is 0 Å². The maximum Gasteiger partial charge on any atom is 0.311 e. The van der Waals surface area contributed by atoms with Gasteiger partial charge in [-0.15, -0.1) is 0 Å². The van der Waals surface area contributed by atoms with Crippen LogP contribution in [-0.4, -0.2) is 31.7 Å². The number of ether oxygens (including phenoxy) is 2. The van der Waals surface area contributed by atoms with Gasteiger partial charge in [0.25, 0.3) is 0 Å². The third-order valence-electron chi connectivity index (χ3n) is 3.29. The van der Waals surface area contributed by atoms with Crippen LogP contribution < -0.4 is 14.8 Å². The molecule has 0 atom stereocenters. The molecule has 1 heterocycles. The van der Waals surface area contributed by atoms with Crippen molar-refractivity contribution in [2.45, 2.75) is 12.8 Å². The van der Waals surface area contributed by atoms with E-state index in [0.29, 0.717) is 18.3 Å². The Morgan fingerprint density at radius 2 is 2.16 bits per heavy atom. The summed E-state index contributed by atoms with van der Waals surface area (Å²) in [5.41, 5.74) is -0.0447. The van der Waals surface area contributed by atoms with Gasteiger partial charge in [0, 0.05) is 12.1 Å². The molecule has 0 amide bonds. The molecule has 1 aromatic rings. The second kappa shape index (κ2) is 6.38. The summed E-state index contributed by atoms with van der Waals surface area (Å²) < 4.78 is 10.7. The minimum atomic E-state index is -0.463. The zero-order chi connectivity index (χ0) is 13.7. The quantitative estimate of drug-likeness (QED) is 0.651. The van der Waals surface area contributed by atoms with Crippen LogP contribution in [0.4, 0.5) is 5.69 Å². The molecule has 104 valence electrons. The molecule has 0 aliphatic carbocycles. The van der Waals surface area contributed by atoms with E-state index in [1.54, 1.807) is 12.1 Å². The lowest BCUT2D eigenvalue weighted by Crippen LogP contribution is -2.30. The number of hydrogen-bond donors (Lipinski definition) is 1. The molecule has 2 rings (SSSR count). The maximum atomic E-state index is 10.8. The van der Waals surface area contributed by atoms with Crippen LogP contribution in [0.15, 0.2) is 18.2 Å². The summed E-state index contributed by atoms with van der Waals surface area (Å²) >= 11 is 0. The molecule has 1 aliphatic heterocycles. The summed E-state index contributed by atoms with van der Waals surface area (Å²) in [6.45, 7) is 2.69. The van der Waals surface area contributed by atoms with Crippen LogP contribution in [-0.2, 0) is 0 Å². The SMILES string of the molecule is COc1cc(OCC2CCNCC2)ccc1[N+](=O)[O-]. The van der Waals surface area contributed by atoms with Gasteiger partial charge in [0.05, 0.1) is 18.6 Å². The van der Waals surface area contributed by atoms with E-state index in [9.17, 15) is 10.1 Å². The van der Waals surface area contributed by atoms with Crippen molar-refractivity contribution in [3.8, 4) is 11.5 Å². The third-order valence-corrected chi connectivity index (χ3v) is 3.29. The molecule has 6 heteroatoms. The fourth-order valence-electron chi connectivity index (χ4n) is 2.16. The molecule has 1 fully saturated rings. The number of nitrogens with zero attached hydrogens (tertiary/aromatic N) is 1. The van der Waals surface area contributed by atoms with E-state index in [0.717, 1.165) is 25.9 Å². The monoisotopic (exact) mass is 266 g/mol. The molecule has 1 aliphatic rings. The van der Waals surface area contributed by atoms with Crippen molar-refractivity contribution in [1.82, 2.24) is 5.32 Å². The van der Waals surface area contributed by atoms with Gasteiger partial charge in [0.1, 0.15) is 5.75 Å². The van der Waals surface area contributed by atoms with Crippen LogP contribution in [0.1, 0.15) is 12.8 Å². The Balaban J connectivity index is 1.98. The Kier molecular flexibility index (Phi) is 4.57. The van der Waals surface area contributed by atoms with E-state index in [2.05, 4.69) is 5.32 Å². The number of hydrogen-bond acceptors (Lipinski definition) is 5. The topological polar surface area (TPSA) is 73.6 Å². The van der Waals surface area contributed by atoms with Crippen molar-refractivity contribution < 1.29 is 14.4 Å². The molecule has 1 N–H and O–H groups in total. The standard InChI is InChI=1S/C13H18N2O4/c1-18-13-8-11(2-3-12(13)15(16)17)19-9-10-4-6-14-7-5-10/h2-3,8,10,14H,4-7,9H2,1H3. The van der Waals surface area contributed by atoms with Gasteiger partial charge in [-0.05, 0) is 37.9 Å². The highest BCUT2D eigenvalue weighted by atomic mass is 16.6. The fourth-order valence-corrected chi connectivity index (χ4v) is 2.16. The van der Waals surface area contributed by atoms with Crippen molar-refractivity contribution in [2.24, 2.45) is 5.92 Å². The van der Waals surface area contributed by atoms with Crippen molar-refractivity contribution in [3.05, 3.63) is 28.3 Å². The van der Waals surface area contributed by atoms with E-state index in [1.165, 1.54) is 13.2 Å². The maximum absolute atomic E-state index is 10.8. The first-order valence-electron chi connectivity index (χ1n) is 6.36. The summed E-state index contributed by atoms with van der Waals surface area (Å²) in [5.74, 6) is 1.39. The van der Waals surface area contributed by atoms with E-state index < -0.39 is 4.92 Å². The summed E-state index contributed by atoms with van der Waals surface area (Å²) in [6.07, 6.45) is 2.20. The molecule has 1 saturated heterocycles. The molecule has 0 spiro atoms. The minimum Gasteiger partial charge on any atom is -0.493 e. The minimum absolute atomic E-state index is 0.0447. The average molecular weight is 266 g/mol. The first-order chi connectivity index (χ1) is 9.20. The summed E-state index contributed by atoms with van der Waals surface area (Å²) in [7, 11) is 1.42. The second-order valence-corrected chi connectivity index (χ2v) is 4.60. The Hall–Kier alpha value is -1.82. The van der Waals surface area contributed by atoms with Gasteiger partial charge in [-0.1, -0.05) is 0 Å². The number of rotatable bonds is 5. The smallest absolute Gasteiger partial charge is 0.311 e. The number of benzene rings is 1. The first kappa shape index (κ1) is 13.6. The lowest BCUT2D eigenvalue weighted by atomic mass is 9.99. The molecule has 0 unspecified atom stereocenters. The molecule has 0 saturated carbocycles. The van der Waals surface area contributed by atoms with Crippen LogP contribution in [0.3, 0.4) is 0 Å². The zero-order valence-corrected chi connectivity index (χ0v) is 10.9. The third kappa shape index (κ3) is 3.57. The average Bonchev–Trinajstić information content (AvgIpc) is 2.45. The first-order valence-corrected chi connectivity index (χ1v) is 6.36. The van der Waals surface area contributed by atoms with E-state index in [1.807, 2.05) is 0 Å². The number of nitro benzene ring substituents is 1. The van der Waals surface area contributed by atoms with Crippen LogP contribution in [0, 0.1) is 16.0 Å². The fraction of sp³-hybridized carbons (Fsp3) is 0.538. The molecule has 0 aromatic heterocycles. The van der Waals surface area contributed by atoms with Gasteiger partial charge >= 0.3 is 5.69 Å². The van der Waals surface area contributed by atoms with Crippen molar-refractivity contribution in [1.29, 1.82) is 0 Å². The molecular formula is C13H18N2O4. The number of methoxy groups -OCH3 is 1. The van der Waals surface area contributed by atoms with Gasteiger partial charge in [-0.25, -0.2) is 0 Å². The van der Waals surface area contributed by atoms with E-state index in [-0.39, 0.29) is 11.4 Å². The Labute approximate surface area is 111 Å². The van der Waals surface area contributed by atoms with E-state index in [4.69, 9.17) is 9.47 Å². The summed E-state index contributed by atoms with van der Waals surface area (Å²) in [4.78, 5) is 10.3.